The van der Waals surface area contributed by atoms with E-state index < -0.39 is 0 Å². The summed E-state index contributed by atoms with van der Waals surface area (Å²) in [7, 11) is 3.26. The number of benzene rings is 1. The van der Waals surface area contributed by atoms with Crippen LogP contribution in [-0.2, 0) is 4.79 Å². The molecule has 0 saturated carbocycles. The summed E-state index contributed by atoms with van der Waals surface area (Å²) in [5.41, 5.74) is 6.08. The topological polar surface area (TPSA) is 70.7 Å². The van der Waals surface area contributed by atoms with Crippen LogP contribution in [0.25, 0.3) is 0 Å². The maximum atomic E-state index is 11.6. The highest BCUT2D eigenvalue weighted by molar-refractivity contribution is 6.00. The Kier molecular flexibility index (Phi) is 2.97. The Balaban J connectivity index is 2.35. The van der Waals surface area contributed by atoms with Crippen molar-refractivity contribution in [2.75, 3.05) is 25.6 Å². The van der Waals surface area contributed by atoms with Gasteiger partial charge in [-0.25, -0.2) is 5.43 Å². The van der Waals surface area contributed by atoms with Gasteiger partial charge < -0.3 is 9.64 Å². The van der Waals surface area contributed by atoms with Gasteiger partial charge in [-0.1, -0.05) is 0 Å². The Hall–Kier alpha value is -2.08. The lowest BCUT2D eigenvalue weighted by Crippen LogP contribution is -2.36. The molecule has 2 N–H and O–H groups in total. The molecule has 0 aromatic heterocycles. The second-order valence-electron chi connectivity index (χ2n) is 3.63. The van der Waals surface area contributed by atoms with E-state index >= 15 is 0 Å². The number of hydrogen-bond acceptors (Lipinski definition) is 4. The summed E-state index contributed by atoms with van der Waals surface area (Å²) in [6.45, 7) is 0.0333. The molecule has 0 atom stereocenters. The summed E-state index contributed by atoms with van der Waals surface area (Å²) < 4.78 is 5.26. The molecule has 6 heteroatoms. The second-order valence-corrected chi connectivity index (χ2v) is 3.63. The van der Waals surface area contributed by atoms with E-state index in [1.54, 1.807) is 32.3 Å². The zero-order valence-electron chi connectivity index (χ0n) is 9.61. The highest BCUT2D eigenvalue weighted by Crippen LogP contribution is 2.31. The molecule has 1 aliphatic heterocycles. The van der Waals surface area contributed by atoms with Gasteiger partial charge >= 0.3 is 0 Å². The van der Waals surface area contributed by atoms with E-state index in [0.717, 1.165) is 0 Å². The van der Waals surface area contributed by atoms with Crippen molar-refractivity contribution in [2.24, 2.45) is 0 Å². The number of hydrazine groups is 1. The molecule has 0 aliphatic carbocycles. The third-order valence-corrected chi connectivity index (χ3v) is 2.55. The molecular weight excluding hydrogens is 222 g/mol. The van der Waals surface area contributed by atoms with Crippen LogP contribution in [0.1, 0.15) is 10.4 Å². The predicted octanol–water partition coefficient (Wildman–Crippen LogP) is -0.0940. The molecule has 0 saturated heterocycles. The third kappa shape index (κ3) is 2.07. The number of rotatable bonds is 2. The fourth-order valence-corrected chi connectivity index (χ4v) is 1.60. The monoisotopic (exact) mass is 235 g/mol. The Morgan fingerprint density at radius 2 is 2.24 bits per heavy atom. The number of carbonyl (C=O) groups is 2. The van der Waals surface area contributed by atoms with Gasteiger partial charge in [0, 0.05) is 19.7 Å². The fourth-order valence-electron chi connectivity index (χ4n) is 1.60. The van der Waals surface area contributed by atoms with E-state index in [-0.39, 0.29) is 18.4 Å². The van der Waals surface area contributed by atoms with Crippen molar-refractivity contribution in [1.29, 1.82) is 0 Å². The highest BCUT2D eigenvalue weighted by atomic mass is 16.5. The molecule has 0 bridgehead atoms. The average Bonchev–Trinajstić information content (AvgIpc) is 2.34. The maximum absolute atomic E-state index is 11.6. The average molecular weight is 235 g/mol. The van der Waals surface area contributed by atoms with Crippen LogP contribution in [-0.4, -0.2) is 32.5 Å². The van der Waals surface area contributed by atoms with Crippen molar-refractivity contribution in [2.45, 2.75) is 0 Å². The number of anilines is 1. The summed E-state index contributed by atoms with van der Waals surface area (Å²) in [6.07, 6.45) is 0. The molecule has 1 aromatic rings. The molecule has 1 aliphatic rings. The van der Waals surface area contributed by atoms with Crippen LogP contribution in [0.4, 0.5) is 5.69 Å². The minimum Gasteiger partial charge on any atom is -0.482 e. The third-order valence-electron chi connectivity index (χ3n) is 2.55. The lowest BCUT2D eigenvalue weighted by atomic mass is 10.1. The number of nitrogens with zero attached hydrogens (tertiary/aromatic N) is 1. The van der Waals surface area contributed by atoms with Gasteiger partial charge in [-0.15, -0.1) is 0 Å². The number of ether oxygens (including phenoxy) is 1. The smallest absolute Gasteiger partial charge is 0.265 e. The maximum Gasteiger partial charge on any atom is 0.265 e. The van der Waals surface area contributed by atoms with Crippen molar-refractivity contribution < 1.29 is 14.3 Å². The van der Waals surface area contributed by atoms with Gasteiger partial charge in [0.25, 0.3) is 11.8 Å². The van der Waals surface area contributed by atoms with Crippen LogP contribution < -0.4 is 20.5 Å². The molecule has 0 spiro atoms. The standard InChI is InChI=1S/C11H13N3O3/c1-12-13-11(16)7-3-4-9-8(5-7)14(2)10(15)6-17-9/h3-5,12H,6H2,1-2H3,(H,13,16). The molecule has 0 radical (unpaired) electrons. The van der Waals surface area contributed by atoms with Gasteiger partial charge in [0.15, 0.2) is 6.61 Å². The molecule has 2 amide bonds. The normalized spacial score (nSPS) is 14.0. The van der Waals surface area contributed by atoms with Gasteiger partial charge in [0.2, 0.25) is 0 Å². The Morgan fingerprint density at radius 1 is 1.47 bits per heavy atom. The lowest BCUT2D eigenvalue weighted by molar-refractivity contribution is -0.120. The number of fused-ring (bicyclic) bond motifs is 1. The molecule has 0 fully saturated rings. The predicted molar refractivity (Wildman–Crippen MR) is 61.9 cm³/mol. The van der Waals surface area contributed by atoms with Crippen LogP contribution >= 0.6 is 0 Å². The van der Waals surface area contributed by atoms with E-state index in [0.29, 0.717) is 17.0 Å². The van der Waals surface area contributed by atoms with E-state index in [9.17, 15) is 9.59 Å². The van der Waals surface area contributed by atoms with Crippen LogP contribution in [0.2, 0.25) is 0 Å². The second kappa shape index (κ2) is 4.42. The molecule has 90 valence electrons. The Labute approximate surface area is 98.5 Å². The van der Waals surface area contributed by atoms with Crippen LogP contribution in [0.3, 0.4) is 0 Å². The van der Waals surface area contributed by atoms with Crippen LogP contribution in [0.15, 0.2) is 18.2 Å². The molecule has 1 aromatic carbocycles. The molecular formula is C11H13N3O3. The zero-order chi connectivity index (χ0) is 12.4. The minimum atomic E-state index is -0.262. The van der Waals surface area contributed by atoms with E-state index in [4.69, 9.17) is 4.74 Å². The van der Waals surface area contributed by atoms with E-state index in [2.05, 4.69) is 10.9 Å². The molecule has 17 heavy (non-hydrogen) atoms. The van der Waals surface area contributed by atoms with Crippen molar-refractivity contribution in [3.8, 4) is 5.75 Å². The summed E-state index contributed by atoms with van der Waals surface area (Å²) >= 11 is 0. The van der Waals surface area contributed by atoms with Gasteiger partial charge in [-0.3, -0.25) is 15.0 Å². The fraction of sp³-hybridized carbons (Fsp3) is 0.273. The van der Waals surface area contributed by atoms with Crippen molar-refractivity contribution in [1.82, 2.24) is 10.9 Å². The largest absolute Gasteiger partial charge is 0.482 e. The first-order chi connectivity index (χ1) is 8.13. The van der Waals surface area contributed by atoms with Crippen LogP contribution in [0, 0.1) is 0 Å². The van der Waals surface area contributed by atoms with Crippen LogP contribution in [0.5, 0.6) is 5.75 Å². The Bertz CT molecular complexity index is 473. The van der Waals surface area contributed by atoms with Crippen molar-refractivity contribution in [3.05, 3.63) is 23.8 Å². The first-order valence-electron chi connectivity index (χ1n) is 5.14. The zero-order valence-corrected chi connectivity index (χ0v) is 9.61. The van der Waals surface area contributed by atoms with Crippen molar-refractivity contribution >= 4 is 17.5 Å². The summed E-state index contributed by atoms with van der Waals surface area (Å²) in [5, 5.41) is 0. The van der Waals surface area contributed by atoms with Gasteiger partial charge in [-0.2, -0.15) is 0 Å². The van der Waals surface area contributed by atoms with Gasteiger partial charge in [0.1, 0.15) is 5.75 Å². The first-order valence-corrected chi connectivity index (χ1v) is 5.14. The summed E-state index contributed by atoms with van der Waals surface area (Å²) in [5.74, 6) is 0.207. The number of carbonyl (C=O) groups excluding carboxylic acids is 2. The number of amides is 2. The molecule has 2 rings (SSSR count). The number of likely N-dealkylation sites (N-methyl/N-ethyl adjacent to an activating group) is 1. The number of nitrogens with one attached hydrogen (secondary N) is 2. The lowest BCUT2D eigenvalue weighted by Gasteiger charge is -2.26. The molecule has 1 heterocycles. The van der Waals surface area contributed by atoms with Gasteiger partial charge in [-0.05, 0) is 18.2 Å². The first kappa shape index (κ1) is 11.4. The molecule has 6 nitrogen and oxygen atoms in total. The molecule has 0 unspecified atom stereocenters. The minimum absolute atomic E-state index is 0.0333. The Morgan fingerprint density at radius 3 is 2.94 bits per heavy atom. The SMILES string of the molecule is CNNC(=O)c1ccc2c(c1)N(C)C(=O)CO2. The van der Waals surface area contributed by atoms with E-state index in [1.807, 2.05) is 0 Å². The summed E-state index contributed by atoms with van der Waals surface area (Å²) in [6, 6.07) is 4.96. The van der Waals surface area contributed by atoms with E-state index in [1.165, 1.54) is 4.90 Å². The number of hydrogen-bond donors (Lipinski definition) is 2. The summed E-state index contributed by atoms with van der Waals surface area (Å²) in [4.78, 5) is 24.5. The quantitative estimate of drug-likeness (QED) is 0.703. The van der Waals surface area contributed by atoms with Gasteiger partial charge in [0.05, 0.1) is 5.69 Å². The highest BCUT2D eigenvalue weighted by Gasteiger charge is 2.23. The van der Waals surface area contributed by atoms with Crippen molar-refractivity contribution in [3.63, 3.8) is 0 Å².